The summed E-state index contributed by atoms with van der Waals surface area (Å²) in [6.07, 6.45) is 1.54. The lowest BCUT2D eigenvalue weighted by atomic mass is 10.2. The fourth-order valence-corrected chi connectivity index (χ4v) is 2.52. The first kappa shape index (κ1) is 18.8. The van der Waals surface area contributed by atoms with Crippen molar-refractivity contribution >= 4 is 12.1 Å². The molecule has 0 fully saturated rings. The summed E-state index contributed by atoms with van der Waals surface area (Å²) in [6, 6.07) is 14.8. The molecule has 0 radical (unpaired) electrons. The highest BCUT2D eigenvalue weighted by molar-refractivity contribution is 5.83. The lowest BCUT2D eigenvalue weighted by Gasteiger charge is -2.12. The van der Waals surface area contributed by atoms with Gasteiger partial charge in [0.05, 0.1) is 27.5 Å². The molecule has 28 heavy (non-hydrogen) atoms. The number of methoxy groups -OCH3 is 3. The molecule has 1 N–H and O–H groups in total. The second-order valence-electron chi connectivity index (χ2n) is 5.50. The van der Waals surface area contributed by atoms with Crippen LogP contribution in [0.5, 0.6) is 17.2 Å². The second kappa shape index (κ2) is 8.60. The molecule has 0 bridgehead atoms. The monoisotopic (exact) mass is 378 g/mol. The standard InChI is InChI=1S/C20H18N4O4/c1-25-16-9-13(10-17(26-2)18(16)27-3)12-22-24-20-15(11-21)23-19(28-20)14-7-5-4-6-8-14/h4-10,12,24H,1-3H3/b22-12-. The molecule has 0 aliphatic rings. The van der Waals surface area contributed by atoms with Crippen LogP contribution in [-0.4, -0.2) is 32.5 Å². The molecule has 2 aromatic carbocycles. The zero-order chi connectivity index (χ0) is 19.9. The molecule has 1 aromatic heterocycles. The van der Waals surface area contributed by atoms with Gasteiger partial charge in [0.1, 0.15) is 6.07 Å². The smallest absolute Gasteiger partial charge is 0.252 e. The number of hydrogen-bond acceptors (Lipinski definition) is 8. The highest BCUT2D eigenvalue weighted by Crippen LogP contribution is 2.37. The summed E-state index contributed by atoms with van der Waals surface area (Å²) in [5.74, 6) is 2.00. The van der Waals surface area contributed by atoms with Gasteiger partial charge >= 0.3 is 0 Å². The first-order valence-corrected chi connectivity index (χ1v) is 8.25. The van der Waals surface area contributed by atoms with Gasteiger partial charge in [-0.25, -0.2) is 5.43 Å². The van der Waals surface area contributed by atoms with Gasteiger partial charge in [-0.15, -0.1) is 0 Å². The summed E-state index contributed by atoms with van der Waals surface area (Å²) in [4.78, 5) is 4.18. The molecule has 0 unspecified atom stereocenters. The highest BCUT2D eigenvalue weighted by atomic mass is 16.5. The van der Waals surface area contributed by atoms with E-state index in [4.69, 9.17) is 18.6 Å². The summed E-state index contributed by atoms with van der Waals surface area (Å²) in [5.41, 5.74) is 4.29. The number of ether oxygens (including phenoxy) is 3. The van der Waals surface area contributed by atoms with Crippen molar-refractivity contribution in [3.05, 3.63) is 53.7 Å². The Bertz CT molecular complexity index is 997. The molecule has 0 spiro atoms. The van der Waals surface area contributed by atoms with Crippen molar-refractivity contribution in [3.63, 3.8) is 0 Å². The second-order valence-corrected chi connectivity index (χ2v) is 5.50. The molecule has 0 saturated carbocycles. The van der Waals surface area contributed by atoms with Crippen molar-refractivity contribution in [2.24, 2.45) is 5.10 Å². The van der Waals surface area contributed by atoms with Crippen molar-refractivity contribution in [1.82, 2.24) is 4.98 Å². The van der Waals surface area contributed by atoms with Crippen LogP contribution in [0, 0.1) is 11.3 Å². The maximum absolute atomic E-state index is 9.28. The van der Waals surface area contributed by atoms with Gasteiger partial charge in [-0.2, -0.15) is 15.3 Å². The van der Waals surface area contributed by atoms with E-state index in [-0.39, 0.29) is 11.6 Å². The molecule has 0 saturated heterocycles. The molecular formula is C20H18N4O4. The minimum absolute atomic E-state index is 0.112. The normalized spacial score (nSPS) is 10.5. The maximum atomic E-state index is 9.28. The van der Waals surface area contributed by atoms with Crippen LogP contribution in [0.1, 0.15) is 11.3 Å². The molecule has 0 atom stereocenters. The Labute approximate surface area is 162 Å². The molecular weight excluding hydrogens is 360 g/mol. The van der Waals surface area contributed by atoms with Crippen LogP contribution in [0.4, 0.5) is 5.88 Å². The number of benzene rings is 2. The van der Waals surface area contributed by atoms with E-state index in [0.29, 0.717) is 28.7 Å². The van der Waals surface area contributed by atoms with Crippen LogP contribution in [0.15, 0.2) is 52.0 Å². The van der Waals surface area contributed by atoms with Crippen LogP contribution in [0.2, 0.25) is 0 Å². The molecule has 3 rings (SSSR count). The number of nitrogens with zero attached hydrogens (tertiary/aromatic N) is 3. The largest absolute Gasteiger partial charge is 0.493 e. The minimum Gasteiger partial charge on any atom is -0.493 e. The van der Waals surface area contributed by atoms with Crippen molar-refractivity contribution in [1.29, 1.82) is 5.26 Å². The van der Waals surface area contributed by atoms with E-state index in [0.717, 1.165) is 5.56 Å². The number of hydrogen-bond donors (Lipinski definition) is 1. The van der Waals surface area contributed by atoms with E-state index in [9.17, 15) is 5.26 Å². The van der Waals surface area contributed by atoms with Crippen LogP contribution in [0.3, 0.4) is 0 Å². The van der Waals surface area contributed by atoms with Gasteiger partial charge in [-0.1, -0.05) is 18.2 Å². The van der Waals surface area contributed by atoms with Crippen LogP contribution < -0.4 is 19.6 Å². The fraction of sp³-hybridized carbons (Fsp3) is 0.150. The summed E-state index contributed by atoms with van der Waals surface area (Å²) in [5, 5.41) is 13.4. The van der Waals surface area contributed by atoms with E-state index < -0.39 is 0 Å². The lowest BCUT2D eigenvalue weighted by Crippen LogP contribution is -1.97. The number of oxazole rings is 1. The average Bonchev–Trinajstić information content (AvgIpc) is 3.16. The average molecular weight is 378 g/mol. The highest BCUT2D eigenvalue weighted by Gasteiger charge is 2.14. The van der Waals surface area contributed by atoms with Crippen molar-refractivity contribution in [3.8, 4) is 34.8 Å². The predicted octanol–water partition coefficient (Wildman–Crippen LogP) is 3.69. The number of rotatable bonds is 7. The zero-order valence-electron chi connectivity index (χ0n) is 15.6. The number of nitriles is 1. The van der Waals surface area contributed by atoms with Crippen LogP contribution in [-0.2, 0) is 0 Å². The molecule has 142 valence electrons. The Balaban J connectivity index is 1.83. The first-order valence-electron chi connectivity index (χ1n) is 8.25. The third kappa shape index (κ3) is 3.88. The van der Waals surface area contributed by atoms with Gasteiger partial charge in [-0.3, -0.25) is 0 Å². The quantitative estimate of drug-likeness (QED) is 0.494. The third-order valence-corrected chi connectivity index (χ3v) is 3.82. The van der Waals surface area contributed by atoms with Crippen molar-refractivity contribution in [2.45, 2.75) is 0 Å². The van der Waals surface area contributed by atoms with Crippen molar-refractivity contribution in [2.75, 3.05) is 26.8 Å². The zero-order valence-corrected chi connectivity index (χ0v) is 15.6. The third-order valence-electron chi connectivity index (χ3n) is 3.82. The summed E-state index contributed by atoms with van der Waals surface area (Å²) in [7, 11) is 4.61. The Morgan fingerprint density at radius 1 is 1.07 bits per heavy atom. The van der Waals surface area contributed by atoms with E-state index in [2.05, 4.69) is 15.5 Å². The summed E-state index contributed by atoms with van der Waals surface area (Å²) >= 11 is 0. The Morgan fingerprint density at radius 3 is 2.32 bits per heavy atom. The molecule has 0 aliphatic heterocycles. The fourth-order valence-electron chi connectivity index (χ4n) is 2.52. The van der Waals surface area contributed by atoms with Gasteiger partial charge in [-0.05, 0) is 24.3 Å². The van der Waals surface area contributed by atoms with Crippen LogP contribution in [0.25, 0.3) is 11.5 Å². The van der Waals surface area contributed by atoms with Gasteiger partial charge in [0, 0.05) is 11.1 Å². The van der Waals surface area contributed by atoms with E-state index in [1.165, 1.54) is 27.5 Å². The summed E-state index contributed by atoms with van der Waals surface area (Å²) in [6.45, 7) is 0. The van der Waals surface area contributed by atoms with Gasteiger partial charge in [0.25, 0.3) is 5.88 Å². The van der Waals surface area contributed by atoms with Crippen LogP contribution >= 0.6 is 0 Å². The molecule has 8 heteroatoms. The number of hydrazone groups is 1. The van der Waals surface area contributed by atoms with Gasteiger partial charge in [0.15, 0.2) is 11.5 Å². The van der Waals surface area contributed by atoms with Gasteiger partial charge < -0.3 is 18.6 Å². The molecule has 0 aliphatic carbocycles. The molecule has 3 aromatic rings. The number of anilines is 1. The Hall–Kier alpha value is -3.99. The number of nitrogens with one attached hydrogen (secondary N) is 1. The molecule has 8 nitrogen and oxygen atoms in total. The first-order chi connectivity index (χ1) is 13.7. The number of aromatic nitrogens is 1. The topological polar surface area (TPSA) is 102 Å². The van der Waals surface area contributed by atoms with E-state index >= 15 is 0 Å². The Kier molecular flexibility index (Phi) is 5.77. The SMILES string of the molecule is COc1cc(/C=N\Nc2oc(-c3ccccc3)nc2C#N)cc(OC)c1OC. The lowest BCUT2D eigenvalue weighted by molar-refractivity contribution is 0.324. The van der Waals surface area contributed by atoms with Crippen molar-refractivity contribution < 1.29 is 18.6 Å². The summed E-state index contributed by atoms with van der Waals surface area (Å²) < 4.78 is 21.5. The predicted molar refractivity (Wildman–Crippen MR) is 104 cm³/mol. The maximum Gasteiger partial charge on any atom is 0.252 e. The minimum atomic E-state index is 0.112. The van der Waals surface area contributed by atoms with E-state index in [1.807, 2.05) is 36.4 Å². The molecule has 1 heterocycles. The van der Waals surface area contributed by atoms with E-state index in [1.54, 1.807) is 12.1 Å². The Morgan fingerprint density at radius 2 is 1.75 bits per heavy atom. The molecule has 0 amide bonds. The van der Waals surface area contributed by atoms with Gasteiger partial charge in [0.2, 0.25) is 17.3 Å².